The van der Waals surface area contributed by atoms with E-state index >= 15 is 0 Å². The molecule has 4 nitrogen and oxygen atoms in total. The summed E-state index contributed by atoms with van der Waals surface area (Å²) in [5.74, 6) is 0.820. The van der Waals surface area contributed by atoms with Gasteiger partial charge in [-0.15, -0.1) is 0 Å². The highest BCUT2D eigenvalue weighted by Gasteiger charge is 2.13. The van der Waals surface area contributed by atoms with Crippen LogP contribution in [0.1, 0.15) is 16.7 Å². The summed E-state index contributed by atoms with van der Waals surface area (Å²) in [7, 11) is 1.60. The lowest BCUT2D eigenvalue weighted by atomic mass is 10.1. The van der Waals surface area contributed by atoms with Gasteiger partial charge in [0.05, 0.1) is 16.6 Å². The lowest BCUT2D eigenvalue weighted by Crippen LogP contribution is -2.16. The molecule has 1 aromatic heterocycles. The Morgan fingerprint density at radius 2 is 1.94 bits per heavy atom. The van der Waals surface area contributed by atoms with E-state index in [1.54, 1.807) is 13.2 Å². The van der Waals surface area contributed by atoms with Gasteiger partial charge in [-0.05, 0) is 70.4 Å². The summed E-state index contributed by atoms with van der Waals surface area (Å²) in [5.41, 5.74) is 4.23. The minimum atomic E-state index is -0.376. The minimum Gasteiger partial charge on any atom is -0.493 e. The third-order valence-corrected chi connectivity index (χ3v) is 6.19. The highest BCUT2D eigenvalue weighted by molar-refractivity contribution is 9.10. The maximum atomic E-state index is 13.3. The zero-order valence-electron chi connectivity index (χ0n) is 17.6. The van der Waals surface area contributed by atoms with E-state index in [1.165, 1.54) is 23.1 Å². The van der Waals surface area contributed by atoms with Crippen molar-refractivity contribution in [2.75, 3.05) is 13.7 Å². The zero-order valence-corrected chi connectivity index (χ0v) is 19.9. The summed E-state index contributed by atoms with van der Waals surface area (Å²) >= 11 is 9.68. The average Bonchev–Trinajstić information content (AvgIpc) is 3.20. The fourth-order valence-electron chi connectivity index (χ4n) is 3.60. The molecule has 2 N–H and O–H groups in total. The van der Waals surface area contributed by atoms with Crippen molar-refractivity contribution in [1.29, 1.82) is 0 Å². The molecule has 0 spiro atoms. The standard InChI is InChI=1S/C25H23BrClFN2O2/c1-31-24-11-16(13-29-9-8-17-14-30-23-5-3-2-4-20(17)23)10-21(26)25(24)32-15-18-6-7-19(28)12-22(18)27/h2-7,10-12,14,29-30H,8-9,13,15H2,1H3. The van der Waals surface area contributed by atoms with Crippen LogP contribution in [0.4, 0.5) is 4.39 Å². The first kappa shape index (κ1) is 22.6. The number of hydrogen-bond donors (Lipinski definition) is 2. The Labute approximate surface area is 199 Å². The first-order valence-electron chi connectivity index (χ1n) is 10.2. The fraction of sp³-hybridized carbons (Fsp3) is 0.200. The van der Waals surface area contributed by atoms with Crippen LogP contribution in [-0.4, -0.2) is 18.6 Å². The van der Waals surface area contributed by atoms with E-state index in [-0.39, 0.29) is 12.4 Å². The fourth-order valence-corrected chi connectivity index (χ4v) is 4.42. The molecule has 0 amide bonds. The Morgan fingerprint density at radius 1 is 1.09 bits per heavy atom. The third-order valence-electron chi connectivity index (χ3n) is 5.25. The first-order chi connectivity index (χ1) is 15.5. The van der Waals surface area contributed by atoms with Crippen molar-refractivity contribution >= 4 is 38.4 Å². The number of halogens is 3. The van der Waals surface area contributed by atoms with Gasteiger partial charge in [-0.25, -0.2) is 4.39 Å². The van der Waals surface area contributed by atoms with Gasteiger partial charge in [0, 0.05) is 29.2 Å². The molecule has 4 rings (SSSR count). The van der Waals surface area contributed by atoms with Crippen LogP contribution in [0.3, 0.4) is 0 Å². The number of ether oxygens (including phenoxy) is 2. The maximum Gasteiger partial charge on any atom is 0.175 e. The number of nitrogens with one attached hydrogen (secondary N) is 2. The number of aromatic nitrogens is 1. The molecule has 0 unspecified atom stereocenters. The van der Waals surface area contributed by atoms with Gasteiger partial charge in [0.15, 0.2) is 11.5 Å². The Bertz CT molecular complexity index is 1230. The SMILES string of the molecule is COc1cc(CNCCc2c[nH]c3ccccc23)cc(Br)c1OCc1ccc(F)cc1Cl. The Kier molecular flexibility index (Phi) is 7.35. The highest BCUT2D eigenvalue weighted by atomic mass is 79.9. The number of H-pyrrole nitrogens is 1. The van der Waals surface area contributed by atoms with Gasteiger partial charge in [-0.2, -0.15) is 0 Å². The van der Waals surface area contributed by atoms with Gasteiger partial charge >= 0.3 is 0 Å². The highest BCUT2D eigenvalue weighted by Crippen LogP contribution is 2.37. The predicted molar refractivity (Wildman–Crippen MR) is 130 cm³/mol. The molecule has 4 aromatic rings. The molecule has 0 aliphatic rings. The van der Waals surface area contributed by atoms with E-state index in [0.29, 0.717) is 28.6 Å². The van der Waals surface area contributed by atoms with E-state index in [1.807, 2.05) is 18.2 Å². The van der Waals surface area contributed by atoms with Crippen molar-refractivity contribution in [2.24, 2.45) is 0 Å². The van der Waals surface area contributed by atoms with E-state index in [9.17, 15) is 4.39 Å². The van der Waals surface area contributed by atoms with E-state index in [0.717, 1.165) is 28.5 Å². The zero-order chi connectivity index (χ0) is 22.5. The van der Waals surface area contributed by atoms with Crippen molar-refractivity contribution < 1.29 is 13.9 Å². The molecule has 7 heteroatoms. The van der Waals surface area contributed by atoms with E-state index in [2.05, 4.69) is 50.6 Å². The van der Waals surface area contributed by atoms with E-state index < -0.39 is 0 Å². The topological polar surface area (TPSA) is 46.3 Å². The van der Waals surface area contributed by atoms with Crippen LogP contribution in [0.15, 0.2) is 65.3 Å². The van der Waals surface area contributed by atoms with E-state index in [4.69, 9.17) is 21.1 Å². The van der Waals surface area contributed by atoms with Crippen molar-refractivity contribution in [3.63, 3.8) is 0 Å². The smallest absolute Gasteiger partial charge is 0.175 e. The Morgan fingerprint density at radius 3 is 2.75 bits per heavy atom. The summed E-state index contributed by atoms with van der Waals surface area (Å²) in [6, 6.07) is 16.5. The third kappa shape index (κ3) is 5.26. The van der Waals surface area contributed by atoms with Crippen molar-refractivity contribution in [1.82, 2.24) is 10.3 Å². The quantitative estimate of drug-likeness (QED) is 0.245. The predicted octanol–water partition coefficient (Wildman–Crippen LogP) is 6.64. The molecule has 0 aliphatic carbocycles. The number of aromatic amines is 1. The van der Waals surface area contributed by atoms with Crippen molar-refractivity contribution in [2.45, 2.75) is 19.6 Å². The van der Waals surface area contributed by atoms with Crippen LogP contribution < -0.4 is 14.8 Å². The van der Waals surface area contributed by atoms with Gasteiger partial charge in [-0.1, -0.05) is 35.9 Å². The maximum absolute atomic E-state index is 13.3. The minimum absolute atomic E-state index is 0.205. The van der Waals surface area contributed by atoms with Gasteiger partial charge in [0.25, 0.3) is 0 Å². The van der Waals surface area contributed by atoms with Crippen LogP contribution in [-0.2, 0) is 19.6 Å². The van der Waals surface area contributed by atoms with Gasteiger partial charge in [0.2, 0.25) is 0 Å². The molecule has 32 heavy (non-hydrogen) atoms. The molecule has 1 heterocycles. The second kappa shape index (κ2) is 10.4. The van der Waals surface area contributed by atoms with Gasteiger partial charge in [-0.3, -0.25) is 0 Å². The second-order valence-corrected chi connectivity index (χ2v) is 8.68. The molecule has 3 aromatic carbocycles. The summed E-state index contributed by atoms with van der Waals surface area (Å²) in [6.07, 6.45) is 3.01. The number of benzene rings is 3. The summed E-state index contributed by atoms with van der Waals surface area (Å²) in [6.45, 7) is 1.75. The number of para-hydroxylation sites is 1. The summed E-state index contributed by atoms with van der Waals surface area (Å²) in [4.78, 5) is 3.31. The molecule has 0 bridgehead atoms. The Hall–Kier alpha value is -2.54. The molecule has 0 atom stereocenters. The lowest BCUT2D eigenvalue weighted by molar-refractivity contribution is 0.282. The van der Waals surface area contributed by atoms with Gasteiger partial charge < -0.3 is 19.8 Å². The van der Waals surface area contributed by atoms with Crippen LogP contribution in [0.25, 0.3) is 10.9 Å². The number of fused-ring (bicyclic) bond motifs is 1. The molecule has 0 saturated carbocycles. The summed E-state index contributed by atoms with van der Waals surface area (Å²) in [5, 5.41) is 5.08. The number of hydrogen-bond acceptors (Lipinski definition) is 3. The first-order valence-corrected chi connectivity index (χ1v) is 11.4. The van der Waals surface area contributed by atoms with Crippen LogP contribution in [0, 0.1) is 5.82 Å². The van der Waals surface area contributed by atoms with Crippen LogP contribution in [0.5, 0.6) is 11.5 Å². The van der Waals surface area contributed by atoms with Crippen LogP contribution in [0.2, 0.25) is 5.02 Å². The molecule has 0 fully saturated rings. The number of methoxy groups -OCH3 is 1. The van der Waals surface area contributed by atoms with Crippen molar-refractivity contribution in [3.05, 3.63) is 92.8 Å². The number of rotatable bonds is 9. The molecular formula is C25H23BrClFN2O2. The van der Waals surface area contributed by atoms with Gasteiger partial charge in [0.1, 0.15) is 12.4 Å². The van der Waals surface area contributed by atoms with Crippen molar-refractivity contribution in [3.8, 4) is 11.5 Å². The Balaban J connectivity index is 1.37. The largest absolute Gasteiger partial charge is 0.493 e. The molecular weight excluding hydrogens is 495 g/mol. The normalized spacial score (nSPS) is 11.1. The summed E-state index contributed by atoms with van der Waals surface area (Å²) < 4.78 is 25.5. The average molecular weight is 518 g/mol. The molecule has 0 radical (unpaired) electrons. The lowest BCUT2D eigenvalue weighted by Gasteiger charge is -2.15. The second-order valence-electron chi connectivity index (χ2n) is 7.42. The monoisotopic (exact) mass is 516 g/mol. The molecule has 0 saturated heterocycles. The molecule has 0 aliphatic heterocycles. The van der Waals surface area contributed by atoms with Crippen LogP contribution >= 0.6 is 27.5 Å². The molecule has 166 valence electrons.